The number of para-hydroxylation sites is 3. The first-order chi connectivity index (χ1) is 9.34. The highest BCUT2D eigenvalue weighted by Crippen LogP contribution is 2.13. The average Bonchev–Trinajstić information content (AvgIpc) is 2.78. The molecule has 1 aromatic heterocycles. The summed E-state index contributed by atoms with van der Waals surface area (Å²) in [6, 6.07) is 17.9. The van der Waals surface area contributed by atoms with Crippen molar-refractivity contribution in [3.05, 3.63) is 60.4 Å². The first-order valence-electron chi connectivity index (χ1n) is 6.10. The van der Waals surface area contributed by atoms with Crippen LogP contribution in [0.3, 0.4) is 0 Å². The first kappa shape index (κ1) is 11.5. The van der Waals surface area contributed by atoms with Gasteiger partial charge in [-0.3, -0.25) is 5.43 Å². The van der Waals surface area contributed by atoms with E-state index in [2.05, 4.69) is 15.5 Å². The Morgan fingerprint density at radius 1 is 1.05 bits per heavy atom. The van der Waals surface area contributed by atoms with E-state index in [1.54, 1.807) is 6.21 Å². The number of anilines is 1. The molecule has 0 radical (unpaired) electrons. The van der Waals surface area contributed by atoms with Crippen molar-refractivity contribution >= 4 is 22.9 Å². The second-order valence-corrected chi connectivity index (χ2v) is 4.25. The SMILES string of the molecule is Cn1c(C=NNc2ccccc2)nc2ccccc21. The molecule has 4 heteroatoms. The van der Waals surface area contributed by atoms with Gasteiger partial charge in [-0.15, -0.1) is 0 Å². The Labute approximate surface area is 111 Å². The Morgan fingerprint density at radius 2 is 1.79 bits per heavy atom. The molecule has 3 rings (SSSR count). The number of hydrogen-bond donors (Lipinski definition) is 1. The van der Waals surface area contributed by atoms with Gasteiger partial charge in [0.25, 0.3) is 0 Å². The molecular weight excluding hydrogens is 236 g/mol. The smallest absolute Gasteiger partial charge is 0.153 e. The molecule has 1 heterocycles. The van der Waals surface area contributed by atoms with E-state index in [-0.39, 0.29) is 0 Å². The van der Waals surface area contributed by atoms with Gasteiger partial charge in [-0.25, -0.2) is 4.98 Å². The maximum absolute atomic E-state index is 4.52. The van der Waals surface area contributed by atoms with E-state index in [0.29, 0.717) is 0 Å². The van der Waals surface area contributed by atoms with E-state index in [1.165, 1.54) is 0 Å². The Bertz CT molecular complexity index is 713. The van der Waals surface area contributed by atoms with Crippen LogP contribution in [0.1, 0.15) is 5.82 Å². The number of nitrogens with zero attached hydrogens (tertiary/aromatic N) is 3. The highest BCUT2D eigenvalue weighted by Gasteiger charge is 2.03. The molecule has 4 nitrogen and oxygen atoms in total. The number of hydrazone groups is 1. The van der Waals surface area contributed by atoms with Gasteiger partial charge >= 0.3 is 0 Å². The topological polar surface area (TPSA) is 42.2 Å². The summed E-state index contributed by atoms with van der Waals surface area (Å²) in [5.74, 6) is 0.824. The second kappa shape index (κ2) is 4.94. The maximum Gasteiger partial charge on any atom is 0.153 e. The maximum atomic E-state index is 4.52. The fourth-order valence-corrected chi connectivity index (χ4v) is 1.96. The summed E-state index contributed by atoms with van der Waals surface area (Å²) in [6.07, 6.45) is 1.73. The van der Waals surface area contributed by atoms with Crippen LogP contribution in [0.2, 0.25) is 0 Å². The predicted octanol–water partition coefficient (Wildman–Crippen LogP) is 3.02. The largest absolute Gasteiger partial charge is 0.326 e. The number of fused-ring (bicyclic) bond motifs is 1. The van der Waals surface area contributed by atoms with Gasteiger partial charge in [-0.1, -0.05) is 30.3 Å². The minimum atomic E-state index is 0.824. The van der Waals surface area contributed by atoms with E-state index >= 15 is 0 Å². The van der Waals surface area contributed by atoms with Crippen molar-refractivity contribution in [1.29, 1.82) is 0 Å². The quantitative estimate of drug-likeness (QED) is 0.573. The lowest BCUT2D eigenvalue weighted by Gasteiger charge is -1.99. The number of benzene rings is 2. The minimum Gasteiger partial charge on any atom is -0.326 e. The molecule has 0 bridgehead atoms. The lowest BCUT2D eigenvalue weighted by atomic mass is 10.3. The molecule has 0 aliphatic heterocycles. The van der Waals surface area contributed by atoms with Crippen molar-refractivity contribution in [2.24, 2.45) is 12.1 Å². The number of aromatic nitrogens is 2. The third kappa shape index (κ3) is 2.33. The van der Waals surface area contributed by atoms with Crippen LogP contribution in [-0.2, 0) is 7.05 Å². The Morgan fingerprint density at radius 3 is 2.58 bits per heavy atom. The zero-order chi connectivity index (χ0) is 13.1. The van der Waals surface area contributed by atoms with Crippen molar-refractivity contribution in [1.82, 2.24) is 9.55 Å². The number of rotatable bonds is 3. The molecule has 0 atom stereocenters. The van der Waals surface area contributed by atoms with Crippen LogP contribution in [-0.4, -0.2) is 15.8 Å². The van der Waals surface area contributed by atoms with Crippen molar-refractivity contribution in [2.75, 3.05) is 5.43 Å². The van der Waals surface area contributed by atoms with E-state index in [9.17, 15) is 0 Å². The van der Waals surface area contributed by atoms with Crippen LogP contribution < -0.4 is 5.43 Å². The first-order valence-corrected chi connectivity index (χ1v) is 6.10. The molecule has 0 amide bonds. The summed E-state index contributed by atoms with van der Waals surface area (Å²) in [5.41, 5.74) is 6.02. The van der Waals surface area contributed by atoms with Gasteiger partial charge in [0.1, 0.15) is 0 Å². The Balaban J connectivity index is 1.83. The number of hydrogen-bond acceptors (Lipinski definition) is 3. The number of imidazole rings is 1. The van der Waals surface area contributed by atoms with Gasteiger partial charge in [-0.05, 0) is 24.3 Å². The van der Waals surface area contributed by atoms with Crippen LogP contribution in [0.25, 0.3) is 11.0 Å². The van der Waals surface area contributed by atoms with Crippen molar-refractivity contribution in [2.45, 2.75) is 0 Å². The van der Waals surface area contributed by atoms with Gasteiger partial charge in [0.05, 0.1) is 22.9 Å². The molecule has 0 saturated heterocycles. The van der Waals surface area contributed by atoms with E-state index in [1.807, 2.05) is 66.2 Å². The van der Waals surface area contributed by atoms with Crippen LogP contribution in [0.4, 0.5) is 5.69 Å². The summed E-state index contributed by atoms with van der Waals surface area (Å²) in [5, 5.41) is 4.21. The minimum absolute atomic E-state index is 0.824. The molecular formula is C15H14N4. The summed E-state index contributed by atoms with van der Waals surface area (Å²) in [7, 11) is 1.99. The van der Waals surface area contributed by atoms with Crippen molar-refractivity contribution in [3.8, 4) is 0 Å². The van der Waals surface area contributed by atoms with E-state index in [4.69, 9.17) is 0 Å². The lowest BCUT2D eigenvalue weighted by Crippen LogP contribution is -1.98. The fraction of sp³-hybridized carbons (Fsp3) is 0.0667. The molecule has 0 saturated carbocycles. The van der Waals surface area contributed by atoms with Gasteiger partial charge < -0.3 is 4.57 Å². The van der Waals surface area contributed by atoms with E-state index in [0.717, 1.165) is 22.5 Å². The molecule has 19 heavy (non-hydrogen) atoms. The van der Waals surface area contributed by atoms with Crippen molar-refractivity contribution < 1.29 is 0 Å². The van der Waals surface area contributed by atoms with Gasteiger partial charge in [0, 0.05) is 7.05 Å². The Kier molecular flexibility index (Phi) is 2.98. The standard InChI is InChI=1S/C15H14N4/c1-19-14-10-6-5-9-13(14)17-15(19)11-16-18-12-7-3-2-4-8-12/h2-11,18H,1H3. The highest BCUT2D eigenvalue weighted by atomic mass is 15.3. The Hall–Kier alpha value is -2.62. The second-order valence-electron chi connectivity index (χ2n) is 4.25. The predicted molar refractivity (Wildman–Crippen MR) is 78.4 cm³/mol. The normalized spacial score (nSPS) is 11.2. The molecule has 0 fully saturated rings. The third-order valence-electron chi connectivity index (χ3n) is 2.97. The molecule has 0 aliphatic carbocycles. The lowest BCUT2D eigenvalue weighted by molar-refractivity contribution is 0.934. The van der Waals surface area contributed by atoms with Crippen LogP contribution in [0, 0.1) is 0 Å². The molecule has 0 spiro atoms. The summed E-state index contributed by atoms with van der Waals surface area (Å²) < 4.78 is 2.02. The molecule has 94 valence electrons. The summed E-state index contributed by atoms with van der Waals surface area (Å²) in [4.78, 5) is 4.52. The van der Waals surface area contributed by atoms with Crippen LogP contribution in [0.15, 0.2) is 59.7 Å². The van der Waals surface area contributed by atoms with Gasteiger partial charge in [0.15, 0.2) is 5.82 Å². The van der Waals surface area contributed by atoms with Crippen LogP contribution in [0.5, 0.6) is 0 Å². The summed E-state index contributed by atoms with van der Waals surface area (Å²) in [6.45, 7) is 0. The summed E-state index contributed by atoms with van der Waals surface area (Å²) >= 11 is 0. The zero-order valence-electron chi connectivity index (χ0n) is 10.6. The molecule has 3 aromatic rings. The molecule has 1 N–H and O–H groups in total. The van der Waals surface area contributed by atoms with E-state index < -0.39 is 0 Å². The fourth-order valence-electron chi connectivity index (χ4n) is 1.96. The average molecular weight is 250 g/mol. The van der Waals surface area contributed by atoms with Gasteiger partial charge in [0.2, 0.25) is 0 Å². The van der Waals surface area contributed by atoms with Gasteiger partial charge in [-0.2, -0.15) is 5.10 Å². The molecule has 0 unspecified atom stereocenters. The highest BCUT2D eigenvalue weighted by molar-refractivity contribution is 5.85. The molecule has 0 aliphatic rings. The van der Waals surface area contributed by atoms with Crippen LogP contribution >= 0.6 is 0 Å². The van der Waals surface area contributed by atoms with Crippen molar-refractivity contribution in [3.63, 3.8) is 0 Å². The number of aryl methyl sites for hydroxylation is 1. The monoisotopic (exact) mass is 250 g/mol. The molecule has 2 aromatic carbocycles. The zero-order valence-corrected chi connectivity index (χ0v) is 10.6. The number of nitrogens with one attached hydrogen (secondary N) is 1. The third-order valence-corrected chi connectivity index (χ3v) is 2.97.